The lowest BCUT2D eigenvalue weighted by Gasteiger charge is -2.08. The molecule has 0 radical (unpaired) electrons. The standard InChI is InChI=1S/C19H13N3O3/c1-12-5-7-13(8-6-12)18-10-16(17(11-20)19(23)21-18)14-3-2-4-15(9-14)22(24)25/h2-10H,1H3,(H,21,23). The molecule has 1 heterocycles. The zero-order valence-corrected chi connectivity index (χ0v) is 13.3. The maximum Gasteiger partial charge on any atom is 0.270 e. The first-order valence-electron chi connectivity index (χ1n) is 7.49. The average Bonchev–Trinajstić information content (AvgIpc) is 2.61. The van der Waals surface area contributed by atoms with Crippen LogP contribution in [-0.4, -0.2) is 9.91 Å². The maximum atomic E-state index is 12.3. The molecule has 25 heavy (non-hydrogen) atoms. The van der Waals surface area contributed by atoms with E-state index in [-0.39, 0.29) is 11.3 Å². The van der Waals surface area contributed by atoms with E-state index in [0.29, 0.717) is 16.8 Å². The molecular weight excluding hydrogens is 318 g/mol. The van der Waals surface area contributed by atoms with E-state index in [1.165, 1.54) is 18.2 Å². The Balaban J connectivity index is 2.23. The van der Waals surface area contributed by atoms with Gasteiger partial charge in [-0.15, -0.1) is 0 Å². The lowest BCUT2D eigenvalue weighted by molar-refractivity contribution is -0.384. The third kappa shape index (κ3) is 3.16. The van der Waals surface area contributed by atoms with Crippen LogP contribution in [0, 0.1) is 28.4 Å². The molecule has 0 spiro atoms. The van der Waals surface area contributed by atoms with E-state index in [2.05, 4.69) is 4.98 Å². The molecule has 0 aliphatic carbocycles. The highest BCUT2D eigenvalue weighted by Crippen LogP contribution is 2.28. The van der Waals surface area contributed by atoms with Crippen molar-refractivity contribution in [1.82, 2.24) is 4.98 Å². The molecule has 122 valence electrons. The van der Waals surface area contributed by atoms with Crippen LogP contribution < -0.4 is 5.56 Å². The molecular formula is C19H13N3O3. The predicted molar refractivity (Wildman–Crippen MR) is 94.0 cm³/mol. The van der Waals surface area contributed by atoms with Crippen molar-refractivity contribution in [2.75, 3.05) is 0 Å². The van der Waals surface area contributed by atoms with Crippen LogP contribution in [0.5, 0.6) is 0 Å². The van der Waals surface area contributed by atoms with Gasteiger partial charge in [-0.25, -0.2) is 0 Å². The molecule has 0 unspecified atom stereocenters. The van der Waals surface area contributed by atoms with Gasteiger partial charge in [-0.3, -0.25) is 14.9 Å². The molecule has 0 saturated heterocycles. The molecule has 0 fully saturated rings. The van der Waals surface area contributed by atoms with Gasteiger partial charge in [-0.05, 0) is 24.1 Å². The number of nitro groups is 1. The van der Waals surface area contributed by atoms with Gasteiger partial charge in [0.2, 0.25) is 0 Å². The Morgan fingerprint density at radius 1 is 1.08 bits per heavy atom. The third-order valence-electron chi connectivity index (χ3n) is 3.88. The Kier molecular flexibility index (Phi) is 4.14. The summed E-state index contributed by atoms with van der Waals surface area (Å²) in [5, 5.41) is 20.3. The van der Waals surface area contributed by atoms with Crippen molar-refractivity contribution in [2.24, 2.45) is 0 Å². The molecule has 1 aromatic heterocycles. The number of nitrogens with one attached hydrogen (secondary N) is 1. The lowest BCUT2D eigenvalue weighted by Crippen LogP contribution is -2.12. The monoisotopic (exact) mass is 331 g/mol. The summed E-state index contributed by atoms with van der Waals surface area (Å²) in [6.45, 7) is 1.96. The van der Waals surface area contributed by atoms with Crippen molar-refractivity contribution >= 4 is 5.69 Å². The smallest absolute Gasteiger partial charge is 0.270 e. The highest BCUT2D eigenvalue weighted by Gasteiger charge is 2.15. The number of aromatic amines is 1. The fourth-order valence-corrected chi connectivity index (χ4v) is 2.57. The summed E-state index contributed by atoms with van der Waals surface area (Å²) >= 11 is 0. The highest BCUT2D eigenvalue weighted by atomic mass is 16.6. The first-order valence-corrected chi connectivity index (χ1v) is 7.49. The Bertz CT molecular complexity index is 1060. The molecule has 2 aromatic carbocycles. The first kappa shape index (κ1) is 16.1. The van der Waals surface area contributed by atoms with E-state index in [0.717, 1.165) is 11.1 Å². The van der Waals surface area contributed by atoms with Gasteiger partial charge in [-0.1, -0.05) is 42.0 Å². The van der Waals surface area contributed by atoms with Crippen molar-refractivity contribution in [3.05, 3.63) is 86.2 Å². The zero-order valence-electron chi connectivity index (χ0n) is 13.3. The molecule has 3 aromatic rings. The molecule has 0 saturated carbocycles. The second-order valence-electron chi connectivity index (χ2n) is 5.59. The molecule has 6 nitrogen and oxygen atoms in total. The normalized spacial score (nSPS) is 10.2. The molecule has 6 heteroatoms. The number of nitriles is 1. The SMILES string of the molecule is Cc1ccc(-c2cc(-c3cccc([N+](=O)[O-])c3)c(C#N)c(=O)[nH]2)cc1. The number of H-pyrrole nitrogens is 1. The summed E-state index contributed by atoms with van der Waals surface area (Å²) < 4.78 is 0. The van der Waals surface area contributed by atoms with Crippen LogP contribution in [0.1, 0.15) is 11.1 Å². The van der Waals surface area contributed by atoms with E-state index in [1.807, 2.05) is 37.3 Å². The predicted octanol–water partition coefficient (Wildman–Crippen LogP) is 3.80. The molecule has 1 N–H and O–H groups in total. The maximum absolute atomic E-state index is 12.3. The molecule has 0 aliphatic rings. The number of hydrogen-bond donors (Lipinski definition) is 1. The minimum absolute atomic E-state index is 0.0728. The second-order valence-corrected chi connectivity index (χ2v) is 5.59. The van der Waals surface area contributed by atoms with Crippen molar-refractivity contribution in [3.8, 4) is 28.5 Å². The van der Waals surface area contributed by atoms with Crippen LogP contribution in [0.4, 0.5) is 5.69 Å². The summed E-state index contributed by atoms with van der Waals surface area (Å²) in [6.07, 6.45) is 0. The van der Waals surface area contributed by atoms with Crippen molar-refractivity contribution in [3.63, 3.8) is 0 Å². The number of non-ortho nitro benzene ring substituents is 1. The van der Waals surface area contributed by atoms with Gasteiger partial charge in [-0.2, -0.15) is 5.26 Å². The Morgan fingerprint density at radius 2 is 1.80 bits per heavy atom. The minimum Gasteiger partial charge on any atom is -0.321 e. The quantitative estimate of drug-likeness (QED) is 0.583. The lowest BCUT2D eigenvalue weighted by atomic mass is 9.98. The number of hydrogen-bond acceptors (Lipinski definition) is 4. The number of nitrogens with zero attached hydrogens (tertiary/aromatic N) is 2. The van der Waals surface area contributed by atoms with Crippen molar-refractivity contribution < 1.29 is 4.92 Å². The molecule has 0 atom stereocenters. The van der Waals surface area contributed by atoms with Crippen LogP contribution in [-0.2, 0) is 0 Å². The number of benzene rings is 2. The molecule has 3 rings (SSSR count). The highest BCUT2D eigenvalue weighted by molar-refractivity contribution is 5.76. The first-order chi connectivity index (χ1) is 12.0. The van der Waals surface area contributed by atoms with Crippen LogP contribution in [0.15, 0.2) is 59.4 Å². The van der Waals surface area contributed by atoms with Gasteiger partial charge >= 0.3 is 0 Å². The van der Waals surface area contributed by atoms with Crippen molar-refractivity contribution in [2.45, 2.75) is 6.92 Å². The van der Waals surface area contributed by atoms with Crippen LogP contribution in [0.2, 0.25) is 0 Å². The topological polar surface area (TPSA) is 99.8 Å². The van der Waals surface area contributed by atoms with Gasteiger partial charge in [0.25, 0.3) is 11.2 Å². The van der Waals surface area contributed by atoms with Gasteiger partial charge in [0.1, 0.15) is 11.6 Å². The van der Waals surface area contributed by atoms with Crippen LogP contribution >= 0.6 is 0 Å². The second kappa shape index (κ2) is 6.42. The summed E-state index contributed by atoms with van der Waals surface area (Å²) in [5.74, 6) is 0. The summed E-state index contributed by atoms with van der Waals surface area (Å²) in [7, 11) is 0. The minimum atomic E-state index is -0.526. The molecule has 0 aliphatic heterocycles. The van der Waals surface area contributed by atoms with Gasteiger partial charge in [0.05, 0.1) is 4.92 Å². The Morgan fingerprint density at radius 3 is 2.44 bits per heavy atom. The zero-order chi connectivity index (χ0) is 18.0. The van der Waals surface area contributed by atoms with Crippen molar-refractivity contribution in [1.29, 1.82) is 5.26 Å². The number of aryl methyl sites for hydroxylation is 1. The van der Waals surface area contributed by atoms with E-state index in [4.69, 9.17) is 0 Å². The summed E-state index contributed by atoms with van der Waals surface area (Å²) in [6, 6.07) is 17.0. The van der Waals surface area contributed by atoms with Crippen LogP contribution in [0.3, 0.4) is 0 Å². The van der Waals surface area contributed by atoms with Gasteiger partial charge in [0, 0.05) is 23.4 Å². The van der Waals surface area contributed by atoms with Gasteiger partial charge in [0.15, 0.2) is 0 Å². The third-order valence-corrected chi connectivity index (χ3v) is 3.88. The Labute approximate surface area is 143 Å². The fraction of sp³-hybridized carbons (Fsp3) is 0.0526. The van der Waals surface area contributed by atoms with E-state index in [9.17, 15) is 20.2 Å². The number of nitro benzene ring substituents is 1. The number of rotatable bonds is 3. The molecule has 0 amide bonds. The van der Waals surface area contributed by atoms with Gasteiger partial charge < -0.3 is 4.98 Å². The number of pyridine rings is 1. The molecule has 0 bridgehead atoms. The van der Waals surface area contributed by atoms with E-state index < -0.39 is 10.5 Å². The number of aromatic nitrogens is 1. The average molecular weight is 331 g/mol. The van der Waals surface area contributed by atoms with Crippen LogP contribution in [0.25, 0.3) is 22.4 Å². The summed E-state index contributed by atoms with van der Waals surface area (Å²) in [5.41, 5.74) is 2.54. The fourth-order valence-electron chi connectivity index (χ4n) is 2.57. The summed E-state index contributed by atoms with van der Waals surface area (Å²) in [4.78, 5) is 25.5. The van der Waals surface area contributed by atoms with E-state index in [1.54, 1.807) is 12.1 Å². The largest absolute Gasteiger partial charge is 0.321 e. The Hall–Kier alpha value is -3.72. The van der Waals surface area contributed by atoms with E-state index >= 15 is 0 Å².